The molecular formula is C12H22N2O4S. The van der Waals surface area contributed by atoms with Crippen molar-refractivity contribution in [3.63, 3.8) is 0 Å². The number of likely N-dealkylation sites (N-methyl/N-ethyl adjacent to an activating group) is 1. The molecule has 7 heteroatoms. The third-order valence-electron chi connectivity index (χ3n) is 4.04. The molecule has 0 aromatic rings. The summed E-state index contributed by atoms with van der Waals surface area (Å²) in [4.78, 5) is 15.6. The molecule has 2 unspecified atom stereocenters. The molecule has 6 nitrogen and oxygen atoms in total. The Morgan fingerprint density at radius 2 is 2.21 bits per heavy atom. The number of carbonyl (C=O) groups is 1. The lowest BCUT2D eigenvalue weighted by molar-refractivity contribution is -0.132. The molecule has 0 bridgehead atoms. The topological polar surface area (TPSA) is 77.9 Å². The molecule has 0 radical (unpaired) electrons. The molecular weight excluding hydrogens is 268 g/mol. The number of β-amino-alcohol motifs (C(OH)–C–C–N with tert-alkyl or cyclic N) is 1. The first-order valence-corrected chi connectivity index (χ1v) is 8.41. The van der Waals surface area contributed by atoms with E-state index in [0.29, 0.717) is 25.9 Å². The van der Waals surface area contributed by atoms with Crippen LogP contribution in [0, 0.1) is 0 Å². The van der Waals surface area contributed by atoms with Crippen LogP contribution in [0.1, 0.15) is 19.8 Å². The van der Waals surface area contributed by atoms with Crippen LogP contribution in [0.3, 0.4) is 0 Å². The highest BCUT2D eigenvalue weighted by molar-refractivity contribution is 7.91. The summed E-state index contributed by atoms with van der Waals surface area (Å²) in [5, 5.41) is 9.85. The minimum atomic E-state index is -2.97. The molecule has 1 N–H and O–H groups in total. The van der Waals surface area contributed by atoms with Gasteiger partial charge in [0.2, 0.25) is 5.91 Å². The number of amides is 1. The summed E-state index contributed by atoms with van der Waals surface area (Å²) >= 11 is 0. The molecule has 2 atom stereocenters. The van der Waals surface area contributed by atoms with Gasteiger partial charge in [-0.15, -0.1) is 0 Å². The highest BCUT2D eigenvalue weighted by Gasteiger charge is 2.35. The number of hydrogen-bond donors (Lipinski definition) is 1. The summed E-state index contributed by atoms with van der Waals surface area (Å²) in [5.41, 5.74) is -0.713. The Morgan fingerprint density at radius 1 is 1.53 bits per heavy atom. The van der Waals surface area contributed by atoms with Crippen LogP contribution in [0.15, 0.2) is 0 Å². The van der Waals surface area contributed by atoms with E-state index in [1.54, 1.807) is 18.9 Å². The quantitative estimate of drug-likeness (QED) is 0.728. The summed E-state index contributed by atoms with van der Waals surface area (Å²) in [6, 6.07) is -0.194. The van der Waals surface area contributed by atoms with Crippen LogP contribution in [-0.2, 0) is 14.6 Å². The fraction of sp³-hybridized carbons (Fsp3) is 0.917. The van der Waals surface area contributed by atoms with E-state index in [1.807, 2.05) is 4.90 Å². The van der Waals surface area contributed by atoms with Crippen molar-refractivity contribution in [1.82, 2.24) is 9.80 Å². The SMILES string of the molecule is CN(C(=O)CN1CCC(C)(O)C1)C1CCS(=O)(=O)C1. The number of aliphatic hydroxyl groups is 1. The highest BCUT2D eigenvalue weighted by Crippen LogP contribution is 2.21. The van der Waals surface area contributed by atoms with Crippen molar-refractivity contribution >= 4 is 15.7 Å². The highest BCUT2D eigenvalue weighted by atomic mass is 32.2. The van der Waals surface area contributed by atoms with E-state index in [0.717, 1.165) is 0 Å². The smallest absolute Gasteiger partial charge is 0.236 e. The molecule has 19 heavy (non-hydrogen) atoms. The fourth-order valence-corrected chi connectivity index (χ4v) is 4.54. The Morgan fingerprint density at radius 3 is 2.68 bits per heavy atom. The Balaban J connectivity index is 1.87. The van der Waals surface area contributed by atoms with E-state index in [2.05, 4.69) is 0 Å². The predicted molar refractivity (Wildman–Crippen MR) is 71.5 cm³/mol. The van der Waals surface area contributed by atoms with Crippen molar-refractivity contribution in [2.45, 2.75) is 31.4 Å². The second-order valence-electron chi connectivity index (χ2n) is 6.02. The van der Waals surface area contributed by atoms with Crippen molar-refractivity contribution in [3.8, 4) is 0 Å². The third-order valence-corrected chi connectivity index (χ3v) is 5.79. The number of sulfone groups is 1. The molecule has 2 saturated heterocycles. The second-order valence-corrected chi connectivity index (χ2v) is 8.25. The lowest BCUT2D eigenvalue weighted by Crippen LogP contribution is -2.44. The minimum Gasteiger partial charge on any atom is -0.389 e. The summed E-state index contributed by atoms with van der Waals surface area (Å²) in [6.45, 7) is 3.22. The first-order chi connectivity index (χ1) is 8.69. The average Bonchev–Trinajstić information content (AvgIpc) is 2.80. The Bertz CT molecular complexity index is 460. The van der Waals surface area contributed by atoms with Gasteiger partial charge in [-0.25, -0.2) is 8.42 Å². The van der Waals surface area contributed by atoms with Gasteiger partial charge >= 0.3 is 0 Å². The first-order valence-electron chi connectivity index (χ1n) is 6.59. The average molecular weight is 290 g/mol. The molecule has 0 saturated carbocycles. The van der Waals surface area contributed by atoms with E-state index in [9.17, 15) is 18.3 Å². The van der Waals surface area contributed by atoms with Gasteiger partial charge in [0.15, 0.2) is 9.84 Å². The van der Waals surface area contributed by atoms with E-state index in [-0.39, 0.29) is 30.0 Å². The zero-order chi connectivity index (χ0) is 14.3. The molecule has 0 aromatic carbocycles. The van der Waals surface area contributed by atoms with Gasteiger partial charge in [-0.05, 0) is 19.8 Å². The van der Waals surface area contributed by atoms with Crippen LogP contribution in [0.25, 0.3) is 0 Å². The van der Waals surface area contributed by atoms with Crippen molar-refractivity contribution < 1.29 is 18.3 Å². The maximum Gasteiger partial charge on any atom is 0.236 e. The van der Waals surface area contributed by atoms with Gasteiger partial charge in [-0.1, -0.05) is 0 Å². The third kappa shape index (κ3) is 3.67. The molecule has 1 amide bonds. The zero-order valence-corrected chi connectivity index (χ0v) is 12.3. The van der Waals surface area contributed by atoms with Crippen molar-refractivity contribution in [2.75, 3.05) is 38.2 Å². The van der Waals surface area contributed by atoms with Gasteiger partial charge in [0.1, 0.15) is 0 Å². The maximum absolute atomic E-state index is 12.1. The van der Waals surface area contributed by atoms with Crippen LogP contribution in [0.4, 0.5) is 0 Å². The number of rotatable bonds is 3. The lowest BCUT2D eigenvalue weighted by atomic mass is 10.1. The van der Waals surface area contributed by atoms with Gasteiger partial charge in [0, 0.05) is 26.2 Å². The molecule has 0 aliphatic carbocycles. The fourth-order valence-electron chi connectivity index (χ4n) is 2.76. The Labute approximate surface area is 114 Å². The number of hydrogen-bond acceptors (Lipinski definition) is 5. The van der Waals surface area contributed by atoms with Gasteiger partial charge in [-0.2, -0.15) is 0 Å². The number of carbonyl (C=O) groups excluding carboxylic acids is 1. The number of nitrogens with zero attached hydrogens (tertiary/aromatic N) is 2. The predicted octanol–water partition coefficient (Wildman–Crippen LogP) is -0.911. The molecule has 2 heterocycles. The van der Waals surface area contributed by atoms with Crippen molar-refractivity contribution in [3.05, 3.63) is 0 Å². The van der Waals surface area contributed by atoms with Gasteiger partial charge in [-0.3, -0.25) is 9.69 Å². The van der Waals surface area contributed by atoms with Gasteiger partial charge < -0.3 is 10.0 Å². The molecule has 2 aliphatic rings. The van der Waals surface area contributed by atoms with E-state index < -0.39 is 15.4 Å². The van der Waals surface area contributed by atoms with Crippen molar-refractivity contribution in [2.24, 2.45) is 0 Å². The van der Waals surface area contributed by atoms with Crippen LogP contribution in [0.2, 0.25) is 0 Å². The molecule has 2 aliphatic heterocycles. The largest absolute Gasteiger partial charge is 0.389 e. The summed E-state index contributed by atoms with van der Waals surface area (Å²) < 4.78 is 22.8. The Hall–Kier alpha value is -0.660. The Kier molecular flexibility index (Phi) is 3.90. The molecule has 110 valence electrons. The lowest BCUT2D eigenvalue weighted by Gasteiger charge is -2.26. The monoisotopic (exact) mass is 290 g/mol. The first kappa shape index (κ1) is 14.7. The van der Waals surface area contributed by atoms with Crippen LogP contribution in [-0.4, -0.2) is 79.1 Å². The van der Waals surface area contributed by atoms with E-state index >= 15 is 0 Å². The van der Waals surface area contributed by atoms with Crippen LogP contribution >= 0.6 is 0 Å². The van der Waals surface area contributed by atoms with Crippen LogP contribution < -0.4 is 0 Å². The summed E-state index contributed by atoms with van der Waals surface area (Å²) in [6.07, 6.45) is 1.20. The zero-order valence-electron chi connectivity index (χ0n) is 11.5. The normalized spacial score (nSPS) is 34.6. The molecule has 2 rings (SSSR count). The van der Waals surface area contributed by atoms with E-state index in [4.69, 9.17) is 0 Å². The number of likely N-dealkylation sites (tertiary alicyclic amines) is 1. The molecule has 0 spiro atoms. The minimum absolute atomic E-state index is 0.0696. The van der Waals surface area contributed by atoms with Crippen LogP contribution in [0.5, 0.6) is 0 Å². The molecule has 0 aromatic heterocycles. The standard InChI is InChI=1S/C12H22N2O4S/c1-12(16)4-5-14(9-12)7-11(15)13(2)10-3-6-19(17,18)8-10/h10,16H,3-9H2,1-2H3. The summed E-state index contributed by atoms with van der Waals surface area (Å²) in [5.74, 6) is 0.181. The van der Waals surface area contributed by atoms with Gasteiger partial charge in [0.25, 0.3) is 0 Å². The van der Waals surface area contributed by atoms with Gasteiger partial charge in [0.05, 0.1) is 23.7 Å². The second kappa shape index (κ2) is 5.03. The summed E-state index contributed by atoms with van der Waals surface area (Å²) in [7, 11) is -1.30. The van der Waals surface area contributed by atoms with E-state index in [1.165, 1.54) is 0 Å². The maximum atomic E-state index is 12.1. The van der Waals surface area contributed by atoms with Crippen molar-refractivity contribution in [1.29, 1.82) is 0 Å². The molecule has 2 fully saturated rings.